The molecule has 6 heteroatoms. The first-order valence-corrected chi connectivity index (χ1v) is 7.28. The maximum Gasteiger partial charge on any atom is 0.255 e. The Morgan fingerprint density at radius 3 is 2.90 bits per heavy atom. The zero-order chi connectivity index (χ0) is 14.8. The highest BCUT2D eigenvalue weighted by atomic mass is 79.9. The molecule has 0 unspecified atom stereocenters. The van der Waals surface area contributed by atoms with Crippen LogP contribution in [0.1, 0.15) is 10.4 Å². The molecular weight excluding hydrogens is 354 g/mol. The number of hydrogen-bond acceptors (Lipinski definition) is 3. The summed E-state index contributed by atoms with van der Waals surface area (Å²) in [7, 11) is 0. The van der Waals surface area contributed by atoms with Crippen LogP contribution in [0, 0.1) is 0 Å². The third kappa shape index (κ3) is 3.04. The van der Waals surface area contributed by atoms with Crippen molar-refractivity contribution in [2.24, 2.45) is 0 Å². The number of carbonyl (C=O) groups excluding carboxylic acids is 1. The van der Waals surface area contributed by atoms with Gasteiger partial charge in [-0.1, -0.05) is 17.7 Å². The molecule has 0 spiro atoms. The molecule has 0 aliphatic heterocycles. The van der Waals surface area contributed by atoms with E-state index in [1.165, 1.54) is 0 Å². The Bertz CT molecular complexity index is 838. The van der Waals surface area contributed by atoms with Gasteiger partial charge < -0.3 is 5.32 Å². The molecular formula is C15H9BrClN3O. The smallest absolute Gasteiger partial charge is 0.255 e. The molecule has 21 heavy (non-hydrogen) atoms. The Balaban J connectivity index is 1.91. The van der Waals surface area contributed by atoms with Crippen molar-refractivity contribution in [1.82, 2.24) is 9.97 Å². The van der Waals surface area contributed by atoms with Crippen molar-refractivity contribution < 1.29 is 4.79 Å². The predicted octanol–water partition coefficient (Wildman–Crippen LogP) is 4.30. The van der Waals surface area contributed by atoms with Gasteiger partial charge in [-0.2, -0.15) is 0 Å². The molecule has 0 saturated carbocycles. The van der Waals surface area contributed by atoms with Gasteiger partial charge in [0.1, 0.15) is 0 Å². The Kier molecular flexibility index (Phi) is 3.86. The van der Waals surface area contributed by atoms with Gasteiger partial charge in [-0.15, -0.1) is 0 Å². The first-order chi connectivity index (χ1) is 10.1. The standard InChI is InChI=1S/C15H9BrClN3O/c16-11-7-13(14(17)19-8-11)20-15(21)10-3-4-12-9(6-10)2-1-5-18-12/h1-8H,(H,20,21). The minimum atomic E-state index is -0.248. The molecule has 104 valence electrons. The molecule has 2 heterocycles. The van der Waals surface area contributed by atoms with E-state index in [-0.39, 0.29) is 11.1 Å². The van der Waals surface area contributed by atoms with Gasteiger partial charge in [0.05, 0.1) is 11.2 Å². The molecule has 3 aromatic rings. The topological polar surface area (TPSA) is 54.9 Å². The van der Waals surface area contributed by atoms with Crippen LogP contribution in [0.15, 0.2) is 53.3 Å². The monoisotopic (exact) mass is 361 g/mol. The molecule has 0 fully saturated rings. The van der Waals surface area contributed by atoms with E-state index in [0.717, 1.165) is 15.4 Å². The molecule has 0 saturated heterocycles. The second-order valence-electron chi connectivity index (χ2n) is 4.36. The van der Waals surface area contributed by atoms with E-state index in [0.29, 0.717) is 11.3 Å². The zero-order valence-electron chi connectivity index (χ0n) is 10.7. The van der Waals surface area contributed by atoms with Crippen LogP contribution >= 0.6 is 27.5 Å². The van der Waals surface area contributed by atoms with E-state index in [1.807, 2.05) is 18.2 Å². The second kappa shape index (κ2) is 5.79. The average molecular weight is 363 g/mol. The number of fused-ring (bicyclic) bond motifs is 1. The predicted molar refractivity (Wildman–Crippen MR) is 86.6 cm³/mol. The van der Waals surface area contributed by atoms with E-state index in [2.05, 4.69) is 31.2 Å². The molecule has 4 nitrogen and oxygen atoms in total. The average Bonchev–Trinajstić information content (AvgIpc) is 2.50. The number of halogens is 2. The highest BCUT2D eigenvalue weighted by Gasteiger charge is 2.10. The van der Waals surface area contributed by atoms with Crippen LogP contribution in [-0.2, 0) is 0 Å². The molecule has 2 aromatic heterocycles. The van der Waals surface area contributed by atoms with Gasteiger partial charge in [0.25, 0.3) is 5.91 Å². The van der Waals surface area contributed by atoms with Crippen molar-refractivity contribution in [2.45, 2.75) is 0 Å². The van der Waals surface area contributed by atoms with Crippen molar-refractivity contribution in [2.75, 3.05) is 5.32 Å². The summed E-state index contributed by atoms with van der Waals surface area (Å²) in [5, 5.41) is 3.90. The second-order valence-corrected chi connectivity index (χ2v) is 5.63. The lowest BCUT2D eigenvalue weighted by Crippen LogP contribution is -2.12. The molecule has 3 rings (SSSR count). The van der Waals surface area contributed by atoms with Crippen LogP contribution in [0.2, 0.25) is 5.15 Å². The number of carbonyl (C=O) groups is 1. The highest BCUT2D eigenvalue weighted by molar-refractivity contribution is 9.10. The minimum absolute atomic E-state index is 0.244. The number of anilines is 1. The molecule has 1 amide bonds. The number of rotatable bonds is 2. The normalized spacial score (nSPS) is 10.6. The summed E-state index contributed by atoms with van der Waals surface area (Å²) in [6.45, 7) is 0. The van der Waals surface area contributed by atoms with E-state index in [1.54, 1.807) is 30.6 Å². The summed E-state index contributed by atoms with van der Waals surface area (Å²) in [6.07, 6.45) is 3.29. The number of benzene rings is 1. The van der Waals surface area contributed by atoms with Gasteiger partial charge in [0.15, 0.2) is 5.15 Å². The Morgan fingerprint density at radius 1 is 1.19 bits per heavy atom. The van der Waals surface area contributed by atoms with Crippen molar-refractivity contribution in [3.05, 3.63) is 64.0 Å². The Morgan fingerprint density at radius 2 is 2.05 bits per heavy atom. The number of aromatic nitrogens is 2. The van der Waals surface area contributed by atoms with Crippen LogP contribution in [0.25, 0.3) is 10.9 Å². The first-order valence-electron chi connectivity index (χ1n) is 6.11. The van der Waals surface area contributed by atoms with E-state index in [4.69, 9.17) is 11.6 Å². The molecule has 0 radical (unpaired) electrons. The third-order valence-electron chi connectivity index (χ3n) is 2.92. The van der Waals surface area contributed by atoms with Crippen LogP contribution in [-0.4, -0.2) is 15.9 Å². The summed E-state index contributed by atoms with van der Waals surface area (Å²) < 4.78 is 0.741. The van der Waals surface area contributed by atoms with Crippen LogP contribution in [0.5, 0.6) is 0 Å². The molecule has 0 bridgehead atoms. The number of nitrogens with zero attached hydrogens (tertiary/aromatic N) is 2. The third-order valence-corrected chi connectivity index (χ3v) is 3.65. The molecule has 0 aliphatic rings. The fourth-order valence-corrected chi connectivity index (χ4v) is 2.40. The zero-order valence-corrected chi connectivity index (χ0v) is 13.0. The van der Waals surface area contributed by atoms with Gasteiger partial charge in [0, 0.05) is 27.8 Å². The fourth-order valence-electron chi connectivity index (χ4n) is 1.92. The Hall–Kier alpha value is -1.98. The van der Waals surface area contributed by atoms with Crippen molar-refractivity contribution in [1.29, 1.82) is 0 Å². The van der Waals surface area contributed by atoms with Gasteiger partial charge in [0.2, 0.25) is 0 Å². The SMILES string of the molecule is O=C(Nc1cc(Br)cnc1Cl)c1ccc2ncccc2c1. The van der Waals surface area contributed by atoms with E-state index >= 15 is 0 Å². The quantitative estimate of drug-likeness (QED) is 0.692. The maximum atomic E-state index is 12.3. The van der Waals surface area contributed by atoms with Crippen molar-refractivity contribution in [3.63, 3.8) is 0 Å². The molecule has 0 atom stereocenters. The van der Waals surface area contributed by atoms with E-state index < -0.39 is 0 Å². The van der Waals surface area contributed by atoms with Crippen LogP contribution < -0.4 is 5.32 Å². The van der Waals surface area contributed by atoms with Crippen molar-refractivity contribution in [3.8, 4) is 0 Å². The number of pyridine rings is 2. The number of amides is 1. The first kappa shape index (κ1) is 14.0. The van der Waals surface area contributed by atoms with Gasteiger partial charge in [-0.25, -0.2) is 4.98 Å². The lowest BCUT2D eigenvalue weighted by molar-refractivity contribution is 0.102. The van der Waals surface area contributed by atoms with E-state index in [9.17, 15) is 4.79 Å². The summed E-state index contributed by atoms with van der Waals surface area (Å²) in [6, 6.07) is 10.8. The maximum absolute atomic E-state index is 12.3. The molecule has 1 aromatic carbocycles. The van der Waals surface area contributed by atoms with Gasteiger partial charge >= 0.3 is 0 Å². The fraction of sp³-hybridized carbons (Fsp3) is 0. The molecule has 1 N–H and O–H groups in total. The van der Waals surface area contributed by atoms with Crippen LogP contribution in [0.3, 0.4) is 0 Å². The summed E-state index contributed by atoms with van der Waals surface area (Å²) in [5.74, 6) is -0.248. The highest BCUT2D eigenvalue weighted by Crippen LogP contribution is 2.24. The number of nitrogens with one attached hydrogen (secondary N) is 1. The Labute approximate surface area is 134 Å². The summed E-state index contributed by atoms with van der Waals surface area (Å²) >= 11 is 9.26. The largest absolute Gasteiger partial charge is 0.319 e. The summed E-state index contributed by atoms with van der Waals surface area (Å²) in [5.41, 5.74) is 1.84. The number of hydrogen-bond donors (Lipinski definition) is 1. The lowest BCUT2D eigenvalue weighted by atomic mass is 10.1. The summed E-state index contributed by atoms with van der Waals surface area (Å²) in [4.78, 5) is 20.5. The minimum Gasteiger partial charge on any atom is -0.319 e. The van der Waals surface area contributed by atoms with Crippen LogP contribution in [0.4, 0.5) is 5.69 Å². The lowest BCUT2D eigenvalue weighted by Gasteiger charge is -2.07. The van der Waals surface area contributed by atoms with Gasteiger partial charge in [-0.3, -0.25) is 9.78 Å². The van der Waals surface area contributed by atoms with Crippen molar-refractivity contribution >= 4 is 50.0 Å². The molecule has 0 aliphatic carbocycles. The van der Waals surface area contributed by atoms with Gasteiger partial charge in [-0.05, 0) is 46.3 Å².